The van der Waals surface area contributed by atoms with E-state index in [-0.39, 0.29) is 33.0 Å². The molecule has 0 radical (unpaired) electrons. The van der Waals surface area contributed by atoms with E-state index in [0.29, 0.717) is 13.2 Å². The molecule has 0 aromatic heterocycles. The molecular formula is C48H70O9. The molecule has 1 aliphatic heterocycles. The molecule has 1 saturated heterocycles. The summed E-state index contributed by atoms with van der Waals surface area (Å²) in [4.78, 5) is 12.6. The first kappa shape index (κ1) is 46.5. The largest absolute Gasteiger partial charge is 0.454 e. The van der Waals surface area contributed by atoms with Crippen LogP contribution in [-0.2, 0) is 57.8 Å². The Morgan fingerprint density at radius 1 is 0.579 bits per heavy atom. The second-order valence-corrected chi connectivity index (χ2v) is 15.3. The van der Waals surface area contributed by atoms with Crippen molar-refractivity contribution in [1.29, 1.82) is 0 Å². The van der Waals surface area contributed by atoms with Gasteiger partial charge in [0.25, 0.3) is 0 Å². The second-order valence-electron chi connectivity index (χ2n) is 15.3. The quantitative estimate of drug-likeness (QED) is 0.0504. The van der Waals surface area contributed by atoms with Crippen LogP contribution in [0.1, 0.15) is 120 Å². The lowest BCUT2D eigenvalue weighted by Crippen LogP contribution is -2.62. The summed E-state index contributed by atoms with van der Waals surface area (Å²) in [5.41, 5.74) is 2.95. The molecule has 6 atom stereocenters. The van der Waals surface area contributed by atoms with Crippen LogP contribution >= 0.6 is 0 Å². The molecule has 3 aromatic rings. The molecule has 4 rings (SSSR count). The molecule has 1 fully saturated rings. The fourth-order valence-corrected chi connectivity index (χ4v) is 7.13. The van der Waals surface area contributed by atoms with Crippen molar-refractivity contribution in [3.05, 3.63) is 108 Å². The van der Waals surface area contributed by atoms with Gasteiger partial charge in [-0.2, -0.15) is 0 Å². The van der Waals surface area contributed by atoms with Gasteiger partial charge in [-0.3, -0.25) is 4.79 Å². The van der Waals surface area contributed by atoms with E-state index in [1.54, 1.807) is 0 Å². The fraction of sp³-hybridized carbons (Fsp3) is 0.604. The Kier molecular flexibility index (Phi) is 23.8. The predicted molar refractivity (Wildman–Crippen MR) is 223 cm³/mol. The summed E-state index contributed by atoms with van der Waals surface area (Å²) in [6, 6.07) is 29.6. The molecule has 0 saturated carbocycles. The Balaban J connectivity index is 1.29. The van der Waals surface area contributed by atoms with Gasteiger partial charge in [0, 0.05) is 13.5 Å². The van der Waals surface area contributed by atoms with Gasteiger partial charge in [0.05, 0.1) is 39.6 Å². The first-order valence-electron chi connectivity index (χ1n) is 21.7. The number of carbonyl (C=O) groups excluding carboxylic acids is 1. The maximum absolute atomic E-state index is 12.6. The standard InChI is InChI=1S/C48H70O9/c1-3-4-5-6-7-8-9-10-11-12-13-14-15-25-32-51-36-43(50)37-55-48-47(56-39(2)49)46(54-35-42-30-23-18-24-31-42)45(53-34-41-28-21-17-22-29-41)44(57-48)38-52-33-40-26-19-16-20-27-40/h16-24,26-31,43-48,50H,3-15,25,32-38H2,1-2H3/t43-,44-,45-,46+,47-,48-/m1/s1. The van der Waals surface area contributed by atoms with Crippen LogP contribution in [0.3, 0.4) is 0 Å². The van der Waals surface area contributed by atoms with E-state index >= 15 is 0 Å². The first-order chi connectivity index (χ1) is 28.0. The lowest BCUT2D eigenvalue weighted by molar-refractivity contribution is -0.323. The summed E-state index contributed by atoms with van der Waals surface area (Å²) in [6.07, 6.45) is 13.1. The number of unbranched alkanes of at least 4 members (excludes halogenated alkanes) is 13. The lowest BCUT2D eigenvalue weighted by Gasteiger charge is -2.45. The molecule has 316 valence electrons. The van der Waals surface area contributed by atoms with Gasteiger partial charge < -0.3 is 38.3 Å². The molecule has 0 amide bonds. The second kappa shape index (κ2) is 29.1. The summed E-state index contributed by atoms with van der Waals surface area (Å²) in [7, 11) is 0. The van der Waals surface area contributed by atoms with E-state index in [1.165, 1.54) is 84.0 Å². The van der Waals surface area contributed by atoms with Crippen molar-refractivity contribution in [3.8, 4) is 0 Å². The van der Waals surface area contributed by atoms with E-state index in [4.69, 9.17) is 33.2 Å². The molecule has 9 heteroatoms. The number of hydrogen-bond acceptors (Lipinski definition) is 9. The Morgan fingerprint density at radius 3 is 1.56 bits per heavy atom. The average Bonchev–Trinajstić information content (AvgIpc) is 3.23. The van der Waals surface area contributed by atoms with Gasteiger partial charge >= 0.3 is 5.97 Å². The van der Waals surface area contributed by atoms with Crippen LogP contribution in [0.4, 0.5) is 0 Å². The molecule has 1 heterocycles. The lowest BCUT2D eigenvalue weighted by atomic mass is 9.97. The molecule has 57 heavy (non-hydrogen) atoms. The third kappa shape index (κ3) is 19.4. The molecular weight excluding hydrogens is 721 g/mol. The zero-order chi connectivity index (χ0) is 40.2. The number of rotatable bonds is 31. The van der Waals surface area contributed by atoms with Crippen LogP contribution in [0.15, 0.2) is 91.0 Å². The van der Waals surface area contributed by atoms with Crippen LogP contribution in [-0.4, -0.2) is 74.3 Å². The number of ether oxygens (including phenoxy) is 7. The Bertz CT molecular complexity index is 1410. The van der Waals surface area contributed by atoms with Gasteiger partial charge in [-0.1, -0.05) is 181 Å². The van der Waals surface area contributed by atoms with E-state index in [1.807, 2.05) is 91.0 Å². The zero-order valence-electron chi connectivity index (χ0n) is 34.7. The van der Waals surface area contributed by atoms with Crippen LogP contribution in [0.2, 0.25) is 0 Å². The summed E-state index contributed by atoms with van der Waals surface area (Å²) in [5.74, 6) is -0.511. The summed E-state index contributed by atoms with van der Waals surface area (Å²) in [6.45, 7) is 5.31. The van der Waals surface area contributed by atoms with Gasteiger partial charge in [-0.05, 0) is 23.1 Å². The molecule has 0 unspecified atom stereocenters. The van der Waals surface area contributed by atoms with Gasteiger partial charge in [0.15, 0.2) is 12.4 Å². The van der Waals surface area contributed by atoms with Crippen molar-refractivity contribution < 1.29 is 43.1 Å². The molecule has 9 nitrogen and oxygen atoms in total. The number of hydrogen-bond donors (Lipinski definition) is 1. The van der Waals surface area contributed by atoms with E-state index in [9.17, 15) is 9.90 Å². The topological polar surface area (TPSA) is 102 Å². The minimum Gasteiger partial charge on any atom is -0.454 e. The Hall–Kier alpha value is -3.15. The summed E-state index contributed by atoms with van der Waals surface area (Å²) >= 11 is 0. The minimum absolute atomic E-state index is 0.0836. The number of aliphatic hydroxyl groups is 1. The molecule has 1 aliphatic rings. The van der Waals surface area contributed by atoms with Gasteiger partial charge in [0.2, 0.25) is 0 Å². The molecule has 0 bridgehead atoms. The van der Waals surface area contributed by atoms with Crippen LogP contribution in [0, 0.1) is 0 Å². The molecule has 0 aliphatic carbocycles. The van der Waals surface area contributed by atoms with Gasteiger partial charge in [-0.15, -0.1) is 0 Å². The van der Waals surface area contributed by atoms with Crippen LogP contribution < -0.4 is 0 Å². The molecule has 0 spiro atoms. The van der Waals surface area contributed by atoms with Crippen molar-refractivity contribution in [2.45, 2.75) is 160 Å². The van der Waals surface area contributed by atoms with Crippen molar-refractivity contribution in [1.82, 2.24) is 0 Å². The van der Waals surface area contributed by atoms with Crippen molar-refractivity contribution in [2.75, 3.05) is 26.4 Å². The van der Waals surface area contributed by atoms with Crippen molar-refractivity contribution in [2.24, 2.45) is 0 Å². The maximum atomic E-state index is 12.6. The third-order valence-corrected chi connectivity index (χ3v) is 10.3. The van der Waals surface area contributed by atoms with Gasteiger partial charge in [0.1, 0.15) is 24.4 Å². The van der Waals surface area contributed by atoms with Crippen LogP contribution in [0.25, 0.3) is 0 Å². The fourth-order valence-electron chi connectivity index (χ4n) is 7.13. The van der Waals surface area contributed by atoms with E-state index in [2.05, 4.69) is 6.92 Å². The van der Waals surface area contributed by atoms with E-state index in [0.717, 1.165) is 29.5 Å². The average molecular weight is 791 g/mol. The first-order valence-corrected chi connectivity index (χ1v) is 21.7. The van der Waals surface area contributed by atoms with E-state index < -0.39 is 42.8 Å². The third-order valence-electron chi connectivity index (χ3n) is 10.3. The van der Waals surface area contributed by atoms with Crippen molar-refractivity contribution >= 4 is 5.97 Å². The maximum Gasteiger partial charge on any atom is 0.303 e. The highest BCUT2D eigenvalue weighted by Crippen LogP contribution is 2.31. The smallest absolute Gasteiger partial charge is 0.303 e. The highest BCUT2D eigenvalue weighted by Gasteiger charge is 2.50. The highest BCUT2D eigenvalue weighted by molar-refractivity contribution is 5.66. The molecule has 3 aromatic carbocycles. The number of benzene rings is 3. The SMILES string of the molecule is CCCCCCCCCCCCCCCCOC[C@@H](O)CO[C@@H]1O[C@H](COCc2ccccc2)[C@@H](OCc2ccccc2)[C@H](OCc2ccccc2)[C@H]1OC(C)=O. The monoisotopic (exact) mass is 791 g/mol. The predicted octanol–water partition coefficient (Wildman–Crippen LogP) is 9.91. The normalized spacial score (nSPS) is 20.0. The summed E-state index contributed by atoms with van der Waals surface area (Å²) in [5, 5.41) is 10.9. The highest BCUT2D eigenvalue weighted by atomic mass is 16.7. The minimum atomic E-state index is -1.06. The van der Waals surface area contributed by atoms with Gasteiger partial charge in [-0.25, -0.2) is 0 Å². The number of esters is 1. The molecule has 1 N–H and O–H groups in total. The Morgan fingerprint density at radius 2 is 1.05 bits per heavy atom. The number of carbonyl (C=O) groups is 1. The summed E-state index contributed by atoms with van der Waals surface area (Å²) < 4.78 is 43.8. The van der Waals surface area contributed by atoms with Crippen molar-refractivity contribution in [3.63, 3.8) is 0 Å². The number of aliphatic hydroxyl groups excluding tert-OH is 1. The zero-order valence-corrected chi connectivity index (χ0v) is 34.7. The Labute approximate surface area is 342 Å². The van der Waals surface area contributed by atoms with Crippen LogP contribution in [0.5, 0.6) is 0 Å².